The minimum atomic E-state index is 0.0555. The summed E-state index contributed by atoms with van der Waals surface area (Å²) in [7, 11) is 2.16. The molecule has 1 aliphatic carbocycles. The summed E-state index contributed by atoms with van der Waals surface area (Å²) in [4.78, 5) is 0. The van der Waals surface area contributed by atoms with E-state index in [2.05, 4.69) is 19.3 Å². The van der Waals surface area contributed by atoms with Crippen molar-refractivity contribution in [3.8, 4) is 0 Å². The molecule has 2 heterocycles. The maximum absolute atomic E-state index is 6.10. The predicted octanol–water partition coefficient (Wildman–Crippen LogP) is 2.99. The van der Waals surface area contributed by atoms with Gasteiger partial charge in [-0.2, -0.15) is 0 Å². The number of nitrogens with one attached hydrogen (secondary N) is 1. The second-order valence-electron chi connectivity index (χ2n) is 7.42. The monoisotopic (exact) mass is 281 g/mol. The molecule has 0 amide bonds. The van der Waals surface area contributed by atoms with Crippen molar-refractivity contribution in [2.45, 2.75) is 63.5 Å². The van der Waals surface area contributed by atoms with Gasteiger partial charge in [-0.05, 0) is 50.5 Å². The Hall–Kier alpha value is -0.120. The lowest BCUT2D eigenvalue weighted by atomic mass is 9.71. The zero-order valence-electron chi connectivity index (χ0n) is 13.2. The highest BCUT2D eigenvalue weighted by atomic mass is 16.6. The standard InChI is InChI=1S/C17H31NO2/c1-13-3-5-14(6-4-13)16(18-2)15-7-9-20-17(11-15)8-10-19-12-17/h13-16,18H,3-12H2,1-2H3. The molecule has 3 rings (SSSR count). The van der Waals surface area contributed by atoms with Crippen LogP contribution in [0.25, 0.3) is 0 Å². The lowest BCUT2D eigenvalue weighted by molar-refractivity contribution is -0.106. The van der Waals surface area contributed by atoms with Gasteiger partial charge in [0.15, 0.2) is 0 Å². The average Bonchev–Trinajstić information content (AvgIpc) is 2.90. The Morgan fingerprint density at radius 3 is 2.50 bits per heavy atom. The molecule has 0 aromatic rings. The molecule has 2 saturated heterocycles. The summed E-state index contributed by atoms with van der Waals surface area (Å²) < 4.78 is 11.7. The van der Waals surface area contributed by atoms with E-state index in [4.69, 9.17) is 9.47 Å². The number of hydrogen-bond donors (Lipinski definition) is 1. The second kappa shape index (κ2) is 6.33. The van der Waals surface area contributed by atoms with Crippen LogP contribution in [0.1, 0.15) is 51.9 Å². The first-order valence-corrected chi connectivity index (χ1v) is 8.61. The summed E-state index contributed by atoms with van der Waals surface area (Å²) in [6.07, 6.45) is 9.17. The topological polar surface area (TPSA) is 30.5 Å². The van der Waals surface area contributed by atoms with E-state index in [1.165, 1.54) is 38.5 Å². The molecule has 1 saturated carbocycles. The normalized spacial score (nSPS) is 43.8. The van der Waals surface area contributed by atoms with Crippen LogP contribution in [0, 0.1) is 17.8 Å². The van der Waals surface area contributed by atoms with Gasteiger partial charge in [0.25, 0.3) is 0 Å². The summed E-state index contributed by atoms with van der Waals surface area (Å²) in [5.41, 5.74) is 0.0555. The highest BCUT2D eigenvalue weighted by molar-refractivity contribution is 4.95. The largest absolute Gasteiger partial charge is 0.378 e. The molecule has 3 aliphatic rings. The van der Waals surface area contributed by atoms with Gasteiger partial charge in [0.05, 0.1) is 12.2 Å². The van der Waals surface area contributed by atoms with E-state index in [0.29, 0.717) is 6.04 Å². The zero-order valence-corrected chi connectivity index (χ0v) is 13.2. The number of ether oxygens (including phenoxy) is 2. The van der Waals surface area contributed by atoms with Crippen molar-refractivity contribution in [2.24, 2.45) is 17.8 Å². The van der Waals surface area contributed by atoms with Crippen molar-refractivity contribution in [1.29, 1.82) is 0 Å². The van der Waals surface area contributed by atoms with Crippen LogP contribution in [0.15, 0.2) is 0 Å². The molecule has 0 aromatic carbocycles. The maximum Gasteiger partial charge on any atom is 0.0939 e. The lowest BCUT2D eigenvalue weighted by Crippen LogP contribution is -2.49. The van der Waals surface area contributed by atoms with Crippen LogP contribution < -0.4 is 5.32 Å². The van der Waals surface area contributed by atoms with Gasteiger partial charge in [0, 0.05) is 25.7 Å². The Labute approximate surface area is 123 Å². The average molecular weight is 281 g/mol. The molecule has 0 bridgehead atoms. The highest BCUT2D eigenvalue weighted by Crippen LogP contribution is 2.41. The Morgan fingerprint density at radius 2 is 1.85 bits per heavy atom. The third-order valence-electron chi connectivity index (χ3n) is 6.01. The number of rotatable bonds is 3. The van der Waals surface area contributed by atoms with Crippen LogP contribution >= 0.6 is 0 Å². The quantitative estimate of drug-likeness (QED) is 0.862. The van der Waals surface area contributed by atoms with E-state index in [1.54, 1.807) is 0 Å². The van der Waals surface area contributed by atoms with Crippen LogP contribution in [0.5, 0.6) is 0 Å². The van der Waals surface area contributed by atoms with Crippen LogP contribution in [-0.4, -0.2) is 38.5 Å². The summed E-state index contributed by atoms with van der Waals surface area (Å²) >= 11 is 0. The molecular weight excluding hydrogens is 250 g/mol. The minimum Gasteiger partial charge on any atom is -0.378 e. The van der Waals surface area contributed by atoms with Crippen LogP contribution in [0.2, 0.25) is 0 Å². The highest BCUT2D eigenvalue weighted by Gasteiger charge is 2.44. The third kappa shape index (κ3) is 3.05. The smallest absolute Gasteiger partial charge is 0.0939 e. The molecule has 20 heavy (non-hydrogen) atoms. The Morgan fingerprint density at radius 1 is 1.05 bits per heavy atom. The van der Waals surface area contributed by atoms with Gasteiger partial charge >= 0.3 is 0 Å². The molecular formula is C17H31NO2. The first-order valence-electron chi connectivity index (χ1n) is 8.61. The second-order valence-corrected chi connectivity index (χ2v) is 7.42. The van der Waals surface area contributed by atoms with Crippen LogP contribution in [0.3, 0.4) is 0 Å². The van der Waals surface area contributed by atoms with E-state index < -0.39 is 0 Å². The van der Waals surface area contributed by atoms with E-state index in [-0.39, 0.29) is 5.60 Å². The fourth-order valence-electron chi connectivity index (χ4n) is 4.74. The van der Waals surface area contributed by atoms with Crippen molar-refractivity contribution < 1.29 is 9.47 Å². The molecule has 3 nitrogen and oxygen atoms in total. The molecule has 2 aliphatic heterocycles. The molecule has 3 fully saturated rings. The maximum atomic E-state index is 6.10. The van der Waals surface area contributed by atoms with Gasteiger partial charge in [-0.3, -0.25) is 0 Å². The lowest BCUT2D eigenvalue weighted by Gasteiger charge is -2.44. The van der Waals surface area contributed by atoms with Gasteiger partial charge < -0.3 is 14.8 Å². The Bertz CT molecular complexity index is 306. The molecule has 3 atom stereocenters. The Balaban J connectivity index is 1.63. The van der Waals surface area contributed by atoms with Crippen molar-refractivity contribution in [2.75, 3.05) is 26.9 Å². The first kappa shape index (κ1) is 14.8. The van der Waals surface area contributed by atoms with Gasteiger partial charge in [0.1, 0.15) is 0 Å². The molecule has 1 N–H and O–H groups in total. The fourth-order valence-corrected chi connectivity index (χ4v) is 4.74. The minimum absolute atomic E-state index is 0.0555. The van der Waals surface area contributed by atoms with Gasteiger partial charge in [-0.1, -0.05) is 19.8 Å². The number of hydrogen-bond acceptors (Lipinski definition) is 3. The van der Waals surface area contributed by atoms with Crippen LogP contribution in [-0.2, 0) is 9.47 Å². The van der Waals surface area contributed by atoms with Crippen molar-refractivity contribution in [3.05, 3.63) is 0 Å². The van der Waals surface area contributed by atoms with Crippen molar-refractivity contribution in [3.63, 3.8) is 0 Å². The van der Waals surface area contributed by atoms with Gasteiger partial charge in [-0.15, -0.1) is 0 Å². The molecule has 0 aromatic heterocycles. The van der Waals surface area contributed by atoms with Crippen LogP contribution in [0.4, 0.5) is 0 Å². The van der Waals surface area contributed by atoms with Gasteiger partial charge in [-0.25, -0.2) is 0 Å². The Kier molecular flexibility index (Phi) is 4.68. The first-order chi connectivity index (χ1) is 9.72. The van der Waals surface area contributed by atoms with E-state index >= 15 is 0 Å². The SMILES string of the molecule is CNC(C1CCC(C)CC1)C1CCOC2(CCOC2)C1. The van der Waals surface area contributed by atoms with E-state index in [0.717, 1.165) is 44.0 Å². The summed E-state index contributed by atoms with van der Waals surface area (Å²) in [6, 6.07) is 0.684. The molecule has 0 radical (unpaired) electrons. The molecule has 3 unspecified atom stereocenters. The molecule has 116 valence electrons. The molecule has 3 heteroatoms. The summed E-state index contributed by atoms with van der Waals surface area (Å²) in [5, 5.41) is 3.67. The predicted molar refractivity (Wildman–Crippen MR) is 80.8 cm³/mol. The van der Waals surface area contributed by atoms with Crippen molar-refractivity contribution in [1.82, 2.24) is 5.32 Å². The van der Waals surface area contributed by atoms with E-state index in [1.807, 2.05) is 0 Å². The van der Waals surface area contributed by atoms with Gasteiger partial charge in [0.2, 0.25) is 0 Å². The zero-order chi connectivity index (χ0) is 14.0. The van der Waals surface area contributed by atoms with E-state index in [9.17, 15) is 0 Å². The fraction of sp³-hybridized carbons (Fsp3) is 1.00. The van der Waals surface area contributed by atoms with Crippen molar-refractivity contribution >= 4 is 0 Å². The summed E-state index contributed by atoms with van der Waals surface area (Å²) in [6.45, 7) is 5.04. The third-order valence-corrected chi connectivity index (χ3v) is 6.01. The summed E-state index contributed by atoms with van der Waals surface area (Å²) in [5.74, 6) is 2.58. The molecule has 1 spiro atoms.